The Morgan fingerprint density at radius 1 is 0.526 bits per heavy atom. The average Bonchev–Trinajstić information content (AvgIpc) is 2.82. The van der Waals surface area contributed by atoms with E-state index in [1.165, 1.54) is 154 Å². The molecule has 0 saturated heterocycles. The fourth-order valence-corrected chi connectivity index (χ4v) is 4.25. The number of hydrogen-bond donors (Lipinski definition) is 2. The first kappa shape index (κ1) is 46.3. The van der Waals surface area contributed by atoms with Gasteiger partial charge in [0.2, 0.25) is 0 Å². The number of ether oxygens (including phenoxy) is 1. The van der Waals surface area contributed by atoms with E-state index in [-0.39, 0.29) is 56.9 Å². The van der Waals surface area contributed by atoms with E-state index < -0.39 is 10.4 Å². The molecule has 8 heteroatoms. The van der Waals surface area contributed by atoms with Crippen molar-refractivity contribution in [3.63, 3.8) is 0 Å². The molecule has 224 valence electrons. The van der Waals surface area contributed by atoms with Gasteiger partial charge in [-0.3, -0.25) is 9.11 Å². The first-order chi connectivity index (χ1) is 17.4. The van der Waals surface area contributed by atoms with Crippen LogP contribution in [0.15, 0.2) is 12.2 Å². The Labute approximate surface area is 281 Å². The number of unbranched alkanes of at least 4 members (excludes halogenated alkanes) is 21. The molecule has 38 heavy (non-hydrogen) atoms. The smallest absolute Gasteiger partial charge is 1.00 e. The second-order valence-corrected chi connectivity index (χ2v) is 11.1. The molecule has 0 aliphatic rings. The summed E-state index contributed by atoms with van der Waals surface area (Å²) in [7, 11) is -4.67. The Hall–Kier alpha value is 1.34. The maximum absolute atomic E-state index is 8.74. The summed E-state index contributed by atoms with van der Waals surface area (Å²) in [6, 6.07) is 0. The third-order valence-corrected chi connectivity index (χ3v) is 6.44. The van der Waals surface area contributed by atoms with Gasteiger partial charge in [-0.15, -0.1) is 0 Å². The van der Waals surface area contributed by atoms with Gasteiger partial charge in [0, 0.05) is 13.2 Å². The zero-order chi connectivity index (χ0) is 27.0. The van der Waals surface area contributed by atoms with E-state index in [1.807, 2.05) is 0 Å². The van der Waals surface area contributed by atoms with Gasteiger partial charge in [0.15, 0.2) is 0 Å². The summed E-state index contributed by atoms with van der Waals surface area (Å²) in [6.07, 6.45) is 38.1. The topological polar surface area (TPSA) is 83.8 Å². The summed E-state index contributed by atoms with van der Waals surface area (Å²) in [4.78, 5) is 0. The van der Waals surface area contributed by atoms with Crippen LogP contribution in [0.5, 0.6) is 0 Å². The monoisotopic (exact) mass is 584 g/mol. The van der Waals surface area contributed by atoms with Crippen LogP contribution in [0.1, 0.15) is 172 Å². The third kappa shape index (κ3) is 57.3. The van der Waals surface area contributed by atoms with Crippen LogP contribution in [0.25, 0.3) is 0 Å². The minimum absolute atomic E-state index is 0. The summed E-state index contributed by atoms with van der Waals surface area (Å²) in [5.41, 5.74) is 0. The minimum Gasteiger partial charge on any atom is -1.00 e. The molecule has 0 amide bonds. The normalized spacial score (nSPS) is 11.1. The summed E-state index contributed by atoms with van der Waals surface area (Å²) in [5, 5.41) is 0. The van der Waals surface area contributed by atoms with Crippen LogP contribution in [0.3, 0.4) is 0 Å². The van der Waals surface area contributed by atoms with Crippen LogP contribution in [0, 0.1) is 0 Å². The minimum atomic E-state index is -4.67. The van der Waals surface area contributed by atoms with Crippen molar-refractivity contribution < 1.29 is 56.1 Å². The molecule has 0 saturated carbocycles. The molecular formula is C30H65MgNaO5S. The van der Waals surface area contributed by atoms with E-state index >= 15 is 0 Å². The molecule has 0 atom stereocenters. The van der Waals surface area contributed by atoms with Crippen LogP contribution >= 0.6 is 0 Å². The molecule has 0 aromatic heterocycles. The average molecular weight is 585 g/mol. The molecule has 5 nitrogen and oxygen atoms in total. The maximum atomic E-state index is 8.74. The molecule has 0 aliphatic heterocycles. The van der Waals surface area contributed by atoms with Crippen LogP contribution in [-0.2, 0) is 15.1 Å². The van der Waals surface area contributed by atoms with Crippen molar-refractivity contribution >= 4 is 33.5 Å². The van der Waals surface area contributed by atoms with Gasteiger partial charge in [-0.2, -0.15) is 8.42 Å². The van der Waals surface area contributed by atoms with Gasteiger partial charge in [-0.1, -0.05) is 142 Å². The molecule has 0 radical (unpaired) electrons. The van der Waals surface area contributed by atoms with Crippen molar-refractivity contribution in [1.82, 2.24) is 0 Å². The summed E-state index contributed by atoms with van der Waals surface area (Å²) in [6.45, 7) is 6.55. The van der Waals surface area contributed by atoms with Crippen molar-refractivity contribution in [3.05, 3.63) is 12.2 Å². The number of allylic oxidation sites excluding steroid dienone is 2. The van der Waals surface area contributed by atoms with E-state index in [4.69, 9.17) is 22.3 Å². The van der Waals surface area contributed by atoms with Crippen molar-refractivity contribution in [2.75, 3.05) is 13.2 Å². The van der Waals surface area contributed by atoms with E-state index in [9.17, 15) is 0 Å². The molecule has 0 heterocycles. The van der Waals surface area contributed by atoms with Gasteiger partial charge in [0.05, 0.1) is 0 Å². The predicted octanol–water partition coefficient (Wildman–Crippen LogP) is 7.27. The van der Waals surface area contributed by atoms with Crippen LogP contribution < -0.4 is 29.6 Å². The number of rotatable bonds is 27. The summed E-state index contributed by atoms with van der Waals surface area (Å²) >= 11 is 0. The van der Waals surface area contributed by atoms with Gasteiger partial charge in [-0.25, -0.2) is 0 Å². The molecule has 0 aromatic rings. The summed E-state index contributed by atoms with van der Waals surface area (Å²) < 4.78 is 37.4. The zero-order valence-corrected chi connectivity index (χ0v) is 30.0. The Morgan fingerprint density at radius 3 is 1.05 bits per heavy atom. The van der Waals surface area contributed by atoms with Gasteiger partial charge in [-0.05, 0) is 38.5 Å². The number of hydrogen-bond acceptors (Lipinski definition) is 3. The molecule has 0 bridgehead atoms. The molecule has 0 fully saturated rings. The molecule has 0 aromatic carbocycles. The van der Waals surface area contributed by atoms with Crippen molar-refractivity contribution in [2.45, 2.75) is 168 Å². The molecular weight excluding hydrogens is 520 g/mol. The Kier molecular flexibility index (Phi) is 49.3. The van der Waals surface area contributed by atoms with E-state index in [0.29, 0.717) is 0 Å². The SMILES string of the molecule is CCCCCCCC/C=C\CCCCCCCCOCCCCCCCCCCCC.O=S(=O)(O)O.[H-].[H-].[H-].[Mg+2].[Na+]. The van der Waals surface area contributed by atoms with Crippen molar-refractivity contribution in [1.29, 1.82) is 0 Å². The van der Waals surface area contributed by atoms with Gasteiger partial charge >= 0.3 is 63.0 Å². The maximum Gasteiger partial charge on any atom is 2.00 e. The predicted molar refractivity (Wildman–Crippen MR) is 165 cm³/mol. The van der Waals surface area contributed by atoms with Gasteiger partial charge in [0.1, 0.15) is 0 Å². The molecule has 0 spiro atoms. The third-order valence-electron chi connectivity index (χ3n) is 6.44. The second kappa shape index (κ2) is 40.5. The Morgan fingerprint density at radius 2 is 0.763 bits per heavy atom. The first-order valence-electron chi connectivity index (χ1n) is 15.3. The van der Waals surface area contributed by atoms with Gasteiger partial charge in [0.25, 0.3) is 0 Å². The fourth-order valence-electron chi connectivity index (χ4n) is 4.25. The quantitative estimate of drug-likeness (QED) is 0.0459. The molecule has 0 aliphatic carbocycles. The molecule has 0 rings (SSSR count). The van der Waals surface area contributed by atoms with Crippen LogP contribution in [0.2, 0.25) is 0 Å². The Balaban J connectivity index is -0.000000212. The van der Waals surface area contributed by atoms with E-state index in [0.717, 1.165) is 13.2 Å². The fraction of sp³-hybridized carbons (Fsp3) is 0.933. The van der Waals surface area contributed by atoms with E-state index in [2.05, 4.69) is 26.0 Å². The van der Waals surface area contributed by atoms with Crippen molar-refractivity contribution in [3.8, 4) is 0 Å². The zero-order valence-electron chi connectivity index (χ0n) is 28.8. The Bertz CT molecular complexity index is 540. The van der Waals surface area contributed by atoms with Crippen LogP contribution in [-0.4, -0.2) is 53.8 Å². The van der Waals surface area contributed by atoms with Gasteiger partial charge < -0.3 is 9.02 Å². The van der Waals surface area contributed by atoms with E-state index in [1.54, 1.807) is 0 Å². The molecule has 2 N–H and O–H groups in total. The van der Waals surface area contributed by atoms with Crippen LogP contribution in [0.4, 0.5) is 0 Å². The standard InChI is InChI=1S/C30H60O.Mg.Na.H2O4S.3H/c1-3-5-7-9-11-13-15-16-17-18-19-20-22-24-26-28-30-31-29-27-25-23-21-14-12-10-8-6-4-2;;;1-5(2,3)4;;;/h16-17H,3-15,18-30H2,1-2H3;;;(H2,1,2,3,4);;;/q;+2;+1;;3*-1/b17-16-;;;;;;. The second-order valence-electron chi connectivity index (χ2n) is 10.2. The largest absolute Gasteiger partial charge is 2.00 e. The molecule has 0 unspecified atom stereocenters. The first-order valence-corrected chi connectivity index (χ1v) is 16.7. The summed E-state index contributed by atoms with van der Waals surface area (Å²) in [5.74, 6) is 0. The van der Waals surface area contributed by atoms with Crippen molar-refractivity contribution in [2.24, 2.45) is 0 Å².